The highest BCUT2D eigenvalue weighted by Gasteiger charge is 2.29. The molecule has 0 amide bonds. The number of rotatable bonds is 2. The summed E-state index contributed by atoms with van der Waals surface area (Å²) >= 11 is 1.69. The maximum Gasteiger partial charge on any atom is 0.0514 e. The van der Waals surface area contributed by atoms with E-state index in [1.54, 1.807) is 11.5 Å². The van der Waals surface area contributed by atoms with Gasteiger partial charge in [-0.15, -0.1) is 0 Å². The van der Waals surface area contributed by atoms with Crippen LogP contribution in [0.1, 0.15) is 42.7 Å². The second-order valence-electron chi connectivity index (χ2n) is 4.75. The molecule has 1 heterocycles. The van der Waals surface area contributed by atoms with Crippen molar-refractivity contribution in [3.05, 3.63) is 16.6 Å². The summed E-state index contributed by atoms with van der Waals surface area (Å²) in [4.78, 5) is 1.49. The Balaban J connectivity index is 2.12. The van der Waals surface area contributed by atoms with Gasteiger partial charge in [0.25, 0.3) is 0 Å². The van der Waals surface area contributed by atoms with E-state index in [1.165, 1.54) is 29.8 Å². The SMILES string of the molecule is CNC1CCC(C)C(c2cc(C)ns2)C1. The zero-order valence-electron chi connectivity index (χ0n) is 9.79. The van der Waals surface area contributed by atoms with E-state index in [0.717, 1.165) is 11.8 Å². The van der Waals surface area contributed by atoms with Crippen LogP contribution in [0.15, 0.2) is 6.07 Å². The van der Waals surface area contributed by atoms with E-state index in [4.69, 9.17) is 0 Å². The van der Waals surface area contributed by atoms with Crippen LogP contribution in [0.5, 0.6) is 0 Å². The molecule has 1 N–H and O–H groups in total. The van der Waals surface area contributed by atoms with E-state index in [2.05, 4.69) is 36.7 Å². The summed E-state index contributed by atoms with van der Waals surface area (Å²) < 4.78 is 4.40. The Bertz CT molecular complexity index is 321. The lowest BCUT2D eigenvalue weighted by molar-refractivity contribution is 0.280. The average molecular weight is 224 g/mol. The van der Waals surface area contributed by atoms with E-state index >= 15 is 0 Å². The molecule has 0 aromatic carbocycles. The largest absolute Gasteiger partial charge is 0.317 e. The minimum Gasteiger partial charge on any atom is -0.317 e. The summed E-state index contributed by atoms with van der Waals surface area (Å²) in [6.07, 6.45) is 3.94. The summed E-state index contributed by atoms with van der Waals surface area (Å²) in [6.45, 7) is 4.47. The molecule has 0 aliphatic heterocycles. The number of nitrogens with zero attached hydrogens (tertiary/aromatic N) is 1. The number of nitrogens with one attached hydrogen (secondary N) is 1. The van der Waals surface area contributed by atoms with Crippen LogP contribution in [-0.2, 0) is 0 Å². The first kappa shape index (κ1) is 11.1. The van der Waals surface area contributed by atoms with Gasteiger partial charge in [-0.25, -0.2) is 0 Å². The quantitative estimate of drug-likeness (QED) is 0.835. The highest BCUT2D eigenvalue weighted by Crippen LogP contribution is 2.39. The van der Waals surface area contributed by atoms with Crippen LogP contribution in [-0.4, -0.2) is 17.5 Å². The molecular weight excluding hydrogens is 204 g/mol. The monoisotopic (exact) mass is 224 g/mol. The molecule has 0 radical (unpaired) electrons. The summed E-state index contributed by atoms with van der Waals surface area (Å²) in [5.41, 5.74) is 1.17. The normalized spacial score (nSPS) is 31.8. The molecule has 2 rings (SSSR count). The first-order valence-corrected chi connectivity index (χ1v) is 6.58. The molecule has 1 aromatic rings. The average Bonchev–Trinajstić information content (AvgIpc) is 2.65. The fraction of sp³-hybridized carbons (Fsp3) is 0.750. The number of aryl methyl sites for hydroxylation is 1. The zero-order chi connectivity index (χ0) is 10.8. The first-order chi connectivity index (χ1) is 7.20. The molecule has 15 heavy (non-hydrogen) atoms. The van der Waals surface area contributed by atoms with Crippen molar-refractivity contribution in [1.82, 2.24) is 9.69 Å². The second-order valence-corrected chi connectivity index (χ2v) is 5.59. The van der Waals surface area contributed by atoms with E-state index in [9.17, 15) is 0 Å². The van der Waals surface area contributed by atoms with Crippen molar-refractivity contribution < 1.29 is 0 Å². The van der Waals surface area contributed by atoms with E-state index in [1.807, 2.05) is 0 Å². The van der Waals surface area contributed by atoms with E-state index in [0.29, 0.717) is 6.04 Å². The van der Waals surface area contributed by atoms with Crippen molar-refractivity contribution in [1.29, 1.82) is 0 Å². The van der Waals surface area contributed by atoms with Crippen molar-refractivity contribution in [2.45, 2.75) is 45.1 Å². The fourth-order valence-corrected chi connectivity index (χ4v) is 3.53. The molecule has 84 valence electrons. The Kier molecular flexibility index (Phi) is 3.42. The third-order valence-corrected chi connectivity index (χ3v) is 4.63. The van der Waals surface area contributed by atoms with Crippen LogP contribution in [0.2, 0.25) is 0 Å². The smallest absolute Gasteiger partial charge is 0.0514 e. The van der Waals surface area contributed by atoms with Crippen LogP contribution in [0.3, 0.4) is 0 Å². The van der Waals surface area contributed by atoms with Gasteiger partial charge in [0.15, 0.2) is 0 Å². The number of hydrogen-bond donors (Lipinski definition) is 1. The molecule has 3 unspecified atom stereocenters. The lowest BCUT2D eigenvalue weighted by atomic mass is 9.77. The summed E-state index contributed by atoms with van der Waals surface area (Å²) in [5, 5.41) is 3.42. The van der Waals surface area contributed by atoms with Crippen molar-refractivity contribution in [3.63, 3.8) is 0 Å². The van der Waals surface area contributed by atoms with Crippen LogP contribution in [0, 0.1) is 12.8 Å². The maximum absolute atomic E-state index is 4.40. The summed E-state index contributed by atoms with van der Waals surface area (Å²) in [5.74, 6) is 1.54. The molecule has 3 heteroatoms. The Morgan fingerprint density at radius 2 is 2.27 bits per heavy atom. The summed E-state index contributed by atoms with van der Waals surface area (Å²) in [6, 6.07) is 2.97. The predicted molar refractivity (Wildman–Crippen MR) is 65.5 cm³/mol. The Morgan fingerprint density at radius 3 is 2.87 bits per heavy atom. The van der Waals surface area contributed by atoms with Crippen molar-refractivity contribution in [3.8, 4) is 0 Å². The Morgan fingerprint density at radius 1 is 1.47 bits per heavy atom. The van der Waals surface area contributed by atoms with Crippen LogP contribution >= 0.6 is 11.5 Å². The van der Waals surface area contributed by atoms with Gasteiger partial charge < -0.3 is 5.32 Å². The maximum atomic E-state index is 4.40. The molecule has 1 saturated carbocycles. The topological polar surface area (TPSA) is 24.9 Å². The number of aromatic nitrogens is 1. The molecule has 0 saturated heterocycles. The van der Waals surface area contributed by atoms with Crippen molar-refractivity contribution in [2.75, 3.05) is 7.05 Å². The second kappa shape index (κ2) is 4.62. The van der Waals surface area contributed by atoms with Gasteiger partial charge in [-0.1, -0.05) is 6.92 Å². The van der Waals surface area contributed by atoms with Gasteiger partial charge in [0, 0.05) is 10.9 Å². The molecule has 1 aromatic heterocycles. The Hall–Kier alpha value is -0.410. The van der Waals surface area contributed by atoms with Gasteiger partial charge in [0.1, 0.15) is 0 Å². The zero-order valence-corrected chi connectivity index (χ0v) is 10.6. The highest BCUT2D eigenvalue weighted by atomic mass is 32.1. The molecular formula is C12H20N2S. The molecule has 2 nitrogen and oxygen atoms in total. The lowest BCUT2D eigenvalue weighted by Gasteiger charge is -2.33. The molecule has 1 fully saturated rings. The van der Waals surface area contributed by atoms with Gasteiger partial charge in [-0.05, 0) is 62.7 Å². The number of hydrogen-bond acceptors (Lipinski definition) is 3. The van der Waals surface area contributed by atoms with Crippen LogP contribution in [0.25, 0.3) is 0 Å². The van der Waals surface area contributed by atoms with Crippen LogP contribution in [0.4, 0.5) is 0 Å². The molecule has 0 bridgehead atoms. The van der Waals surface area contributed by atoms with Gasteiger partial charge in [0.2, 0.25) is 0 Å². The first-order valence-electron chi connectivity index (χ1n) is 5.81. The van der Waals surface area contributed by atoms with Gasteiger partial charge in [0.05, 0.1) is 5.69 Å². The minimum absolute atomic E-state index is 0.702. The summed E-state index contributed by atoms with van der Waals surface area (Å²) in [7, 11) is 2.08. The lowest BCUT2D eigenvalue weighted by Crippen LogP contribution is -2.33. The van der Waals surface area contributed by atoms with Crippen molar-refractivity contribution in [2.24, 2.45) is 5.92 Å². The third-order valence-electron chi connectivity index (χ3n) is 3.62. The van der Waals surface area contributed by atoms with Gasteiger partial charge >= 0.3 is 0 Å². The fourth-order valence-electron chi connectivity index (χ4n) is 2.54. The molecule has 1 aliphatic rings. The molecule has 3 atom stereocenters. The highest BCUT2D eigenvalue weighted by molar-refractivity contribution is 7.05. The van der Waals surface area contributed by atoms with E-state index < -0.39 is 0 Å². The van der Waals surface area contributed by atoms with E-state index in [-0.39, 0.29) is 0 Å². The van der Waals surface area contributed by atoms with Gasteiger partial charge in [-0.2, -0.15) is 4.37 Å². The Labute approximate surface area is 96.3 Å². The predicted octanol–water partition coefficient (Wildman–Crippen LogP) is 2.94. The molecule has 0 spiro atoms. The minimum atomic E-state index is 0.702. The van der Waals surface area contributed by atoms with Gasteiger partial charge in [-0.3, -0.25) is 0 Å². The molecule has 1 aliphatic carbocycles. The van der Waals surface area contributed by atoms with Crippen LogP contribution < -0.4 is 5.32 Å². The third kappa shape index (κ3) is 2.40. The van der Waals surface area contributed by atoms with Crippen molar-refractivity contribution >= 4 is 11.5 Å². The standard InChI is InChI=1S/C12H20N2S/c1-8-4-5-10(13-3)7-11(8)12-6-9(2)14-15-12/h6,8,10-11,13H,4-5,7H2,1-3H3.